The molecule has 2 saturated heterocycles. The summed E-state index contributed by atoms with van der Waals surface area (Å²) in [6.07, 6.45) is 2.46. The summed E-state index contributed by atoms with van der Waals surface area (Å²) >= 11 is 3.13. The van der Waals surface area contributed by atoms with Crippen LogP contribution in [0.3, 0.4) is 0 Å². The van der Waals surface area contributed by atoms with Crippen molar-refractivity contribution in [2.75, 3.05) is 49.9 Å². The van der Waals surface area contributed by atoms with E-state index in [1.165, 1.54) is 40.9 Å². The quantitative estimate of drug-likeness (QED) is 0.530. The predicted octanol–water partition coefficient (Wildman–Crippen LogP) is 3.73. The number of carbonyl (C=O) groups excluding carboxylic acids is 1. The molecule has 1 aromatic heterocycles. The molecule has 2 aliphatic heterocycles. The van der Waals surface area contributed by atoms with E-state index in [2.05, 4.69) is 62.5 Å². The lowest BCUT2D eigenvalue weighted by Gasteiger charge is -2.34. The van der Waals surface area contributed by atoms with Gasteiger partial charge in [-0.05, 0) is 29.2 Å². The van der Waals surface area contributed by atoms with E-state index in [0.29, 0.717) is 5.75 Å². The summed E-state index contributed by atoms with van der Waals surface area (Å²) in [6.45, 7) is 6.48. The van der Waals surface area contributed by atoms with Crippen molar-refractivity contribution in [3.8, 4) is 0 Å². The van der Waals surface area contributed by atoms with Crippen LogP contribution in [0.4, 0.5) is 5.13 Å². The lowest BCUT2D eigenvalue weighted by molar-refractivity contribution is -0.130. The lowest BCUT2D eigenvalue weighted by Crippen LogP contribution is -2.48. The molecule has 0 N–H and O–H groups in total. The van der Waals surface area contributed by atoms with Crippen LogP contribution < -0.4 is 4.90 Å². The summed E-state index contributed by atoms with van der Waals surface area (Å²) < 4.78 is 0.893. The number of carbonyl (C=O) groups is 1. The molecule has 0 atom stereocenters. The van der Waals surface area contributed by atoms with Crippen molar-refractivity contribution in [2.45, 2.75) is 23.7 Å². The third-order valence-electron chi connectivity index (χ3n) is 6.09. The van der Waals surface area contributed by atoms with Gasteiger partial charge in [0.1, 0.15) is 0 Å². The number of amides is 1. The summed E-state index contributed by atoms with van der Waals surface area (Å²) in [6, 6.07) is 15.1. The van der Waals surface area contributed by atoms with Crippen molar-refractivity contribution in [2.24, 2.45) is 0 Å². The number of benzene rings is 2. The van der Waals surface area contributed by atoms with Crippen LogP contribution in [0.5, 0.6) is 0 Å². The molecule has 0 aliphatic carbocycles. The van der Waals surface area contributed by atoms with Gasteiger partial charge in [-0.3, -0.25) is 9.69 Å². The van der Waals surface area contributed by atoms with Crippen molar-refractivity contribution in [1.82, 2.24) is 20.0 Å². The maximum Gasteiger partial charge on any atom is 0.233 e. The van der Waals surface area contributed by atoms with Gasteiger partial charge in [0, 0.05) is 45.8 Å². The zero-order valence-electron chi connectivity index (χ0n) is 17.6. The first-order valence-electron chi connectivity index (χ1n) is 10.9. The third-order valence-corrected chi connectivity index (χ3v) is 8.19. The minimum atomic E-state index is 0.202. The van der Waals surface area contributed by atoms with E-state index in [9.17, 15) is 4.79 Å². The highest BCUT2D eigenvalue weighted by Gasteiger charge is 2.22. The van der Waals surface area contributed by atoms with Crippen molar-refractivity contribution in [3.63, 3.8) is 0 Å². The monoisotopic (exact) mass is 453 g/mol. The number of anilines is 1. The van der Waals surface area contributed by atoms with E-state index in [-0.39, 0.29) is 5.91 Å². The van der Waals surface area contributed by atoms with Crippen molar-refractivity contribution in [1.29, 1.82) is 0 Å². The molecule has 8 heteroatoms. The average Bonchev–Trinajstić information content (AvgIpc) is 3.50. The number of hydrogen-bond acceptors (Lipinski definition) is 7. The topological polar surface area (TPSA) is 52.6 Å². The predicted molar refractivity (Wildman–Crippen MR) is 128 cm³/mol. The molecule has 31 heavy (non-hydrogen) atoms. The highest BCUT2D eigenvalue weighted by atomic mass is 32.2. The maximum atomic E-state index is 12.7. The van der Waals surface area contributed by atoms with E-state index in [0.717, 1.165) is 55.3 Å². The van der Waals surface area contributed by atoms with Crippen LogP contribution in [-0.2, 0) is 11.3 Å². The van der Waals surface area contributed by atoms with Crippen LogP contribution >= 0.6 is 23.1 Å². The van der Waals surface area contributed by atoms with E-state index >= 15 is 0 Å². The van der Waals surface area contributed by atoms with Crippen molar-refractivity contribution in [3.05, 3.63) is 48.0 Å². The van der Waals surface area contributed by atoms with Crippen LogP contribution in [0, 0.1) is 0 Å². The first-order chi connectivity index (χ1) is 15.3. The molecular weight excluding hydrogens is 426 g/mol. The molecule has 1 amide bonds. The Morgan fingerprint density at radius 3 is 2.55 bits per heavy atom. The summed E-state index contributed by atoms with van der Waals surface area (Å²) in [4.78, 5) is 19.4. The van der Waals surface area contributed by atoms with E-state index in [1.54, 1.807) is 11.3 Å². The molecule has 162 valence electrons. The molecule has 5 rings (SSSR count). The third kappa shape index (κ3) is 4.86. The number of thioether (sulfide) groups is 1. The Morgan fingerprint density at radius 1 is 0.935 bits per heavy atom. The largest absolute Gasteiger partial charge is 0.347 e. The standard InChI is InChI=1S/C23H27N5OS2/c29-21(17-30-23-25-24-22(31-23)28-10-3-4-11-28)27-14-12-26(13-15-27)16-19-8-5-7-18-6-1-2-9-20(18)19/h1-2,5-9H,3-4,10-17H2. The summed E-state index contributed by atoms with van der Waals surface area (Å²) in [5.41, 5.74) is 1.36. The molecule has 0 bridgehead atoms. The molecule has 2 fully saturated rings. The van der Waals surface area contributed by atoms with E-state index in [4.69, 9.17) is 0 Å². The zero-order valence-corrected chi connectivity index (χ0v) is 19.2. The second kappa shape index (κ2) is 9.54. The number of hydrogen-bond donors (Lipinski definition) is 0. The van der Waals surface area contributed by atoms with Crippen LogP contribution in [0.1, 0.15) is 18.4 Å². The Morgan fingerprint density at radius 2 is 1.71 bits per heavy atom. The van der Waals surface area contributed by atoms with Gasteiger partial charge in [-0.15, -0.1) is 10.2 Å². The zero-order chi connectivity index (χ0) is 21.0. The molecule has 0 spiro atoms. The number of fused-ring (bicyclic) bond motifs is 1. The van der Waals surface area contributed by atoms with Gasteiger partial charge in [0.05, 0.1) is 5.75 Å². The fourth-order valence-corrected chi connectivity index (χ4v) is 6.13. The SMILES string of the molecule is O=C(CSc1nnc(N2CCCC2)s1)N1CCN(Cc2cccc3ccccc23)CC1. The molecule has 3 aromatic rings. The minimum Gasteiger partial charge on any atom is -0.347 e. The Bertz CT molecular complexity index is 1040. The molecule has 0 unspecified atom stereocenters. The smallest absolute Gasteiger partial charge is 0.233 e. The van der Waals surface area contributed by atoms with Gasteiger partial charge in [0.25, 0.3) is 0 Å². The van der Waals surface area contributed by atoms with E-state index in [1.807, 2.05) is 4.90 Å². The Balaban J connectivity index is 1.10. The molecule has 3 heterocycles. The molecular formula is C23H27N5OS2. The minimum absolute atomic E-state index is 0.202. The Kier molecular flexibility index (Phi) is 6.38. The van der Waals surface area contributed by atoms with Gasteiger partial charge in [-0.1, -0.05) is 65.6 Å². The highest BCUT2D eigenvalue weighted by molar-refractivity contribution is 8.01. The maximum absolute atomic E-state index is 12.7. The first-order valence-corrected chi connectivity index (χ1v) is 12.7. The normalized spacial score (nSPS) is 17.5. The van der Waals surface area contributed by atoms with Crippen LogP contribution in [-0.4, -0.2) is 70.9 Å². The second-order valence-electron chi connectivity index (χ2n) is 8.13. The molecule has 0 saturated carbocycles. The Hall–Kier alpha value is -2.16. The van der Waals surface area contributed by atoms with Gasteiger partial charge >= 0.3 is 0 Å². The van der Waals surface area contributed by atoms with Gasteiger partial charge in [0.2, 0.25) is 11.0 Å². The number of piperazine rings is 1. The van der Waals surface area contributed by atoms with Crippen LogP contribution in [0.15, 0.2) is 46.8 Å². The molecule has 6 nitrogen and oxygen atoms in total. The number of aromatic nitrogens is 2. The Labute approximate surface area is 191 Å². The highest BCUT2D eigenvalue weighted by Crippen LogP contribution is 2.30. The van der Waals surface area contributed by atoms with Gasteiger partial charge in [0.15, 0.2) is 4.34 Å². The molecule has 0 radical (unpaired) electrons. The average molecular weight is 454 g/mol. The summed E-state index contributed by atoms with van der Waals surface area (Å²) in [7, 11) is 0. The van der Waals surface area contributed by atoms with Crippen molar-refractivity contribution >= 4 is 44.9 Å². The summed E-state index contributed by atoms with van der Waals surface area (Å²) in [5.74, 6) is 0.644. The van der Waals surface area contributed by atoms with Crippen LogP contribution in [0.2, 0.25) is 0 Å². The number of rotatable bonds is 6. The number of nitrogens with zero attached hydrogens (tertiary/aromatic N) is 5. The second-order valence-corrected chi connectivity index (χ2v) is 10.3. The fraction of sp³-hybridized carbons (Fsp3) is 0.435. The van der Waals surface area contributed by atoms with Crippen LogP contribution in [0.25, 0.3) is 10.8 Å². The van der Waals surface area contributed by atoms with Crippen molar-refractivity contribution < 1.29 is 4.79 Å². The molecule has 2 aromatic carbocycles. The fourth-order valence-electron chi connectivity index (χ4n) is 4.34. The van der Waals surface area contributed by atoms with E-state index < -0.39 is 0 Å². The molecule has 2 aliphatic rings. The summed E-state index contributed by atoms with van der Waals surface area (Å²) in [5, 5.41) is 12.2. The van der Waals surface area contributed by atoms with Gasteiger partial charge in [-0.2, -0.15) is 0 Å². The van der Waals surface area contributed by atoms with Gasteiger partial charge < -0.3 is 9.80 Å². The lowest BCUT2D eigenvalue weighted by atomic mass is 10.0. The first kappa shape index (κ1) is 20.7. The van der Waals surface area contributed by atoms with Gasteiger partial charge in [-0.25, -0.2) is 0 Å².